The minimum Gasteiger partial charge on any atom is -0.507 e. The third-order valence-corrected chi connectivity index (χ3v) is 5.43. The van der Waals surface area contributed by atoms with E-state index >= 15 is 0 Å². The molecule has 1 aliphatic heterocycles. The van der Waals surface area contributed by atoms with E-state index < -0.39 is 17.7 Å². The normalized spacial score (nSPS) is 17.6. The quantitative estimate of drug-likeness (QED) is 0.345. The fraction of sp³-hybridized carbons (Fsp3) is 0.167. The van der Waals surface area contributed by atoms with Gasteiger partial charge in [0.15, 0.2) is 0 Å². The Kier molecular flexibility index (Phi) is 6.18. The van der Waals surface area contributed by atoms with Crippen molar-refractivity contribution in [2.75, 3.05) is 6.61 Å². The van der Waals surface area contributed by atoms with Gasteiger partial charge in [0.05, 0.1) is 23.2 Å². The van der Waals surface area contributed by atoms with Crippen molar-refractivity contribution in [3.05, 3.63) is 94.5 Å². The number of rotatable bonds is 6. The molecule has 1 N–H and O–H groups in total. The van der Waals surface area contributed by atoms with E-state index in [0.29, 0.717) is 28.5 Å². The van der Waals surface area contributed by atoms with Gasteiger partial charge in [-0.25, -0.2) is 0 Å². The second-order valence-electron chi connectivity index (χ2n) is 7.15. The Morgan fingerprint density at radius 1 is 1.12 bits per heavy atom. The molecule has 2 aromatic heterocycles. The van der Waals surface area contributed by atoms with Gasteiger partial charge in [0.25, 0.3) is 11.7 Å². The van der Waals surface area contributed by atoms with E-state index in [9.17, 15) is 14.7 Å². The third-order valence-electron chi connectivity index (χ3n) is 5.12. The van der Waals surface area contributed by atoms with Gasteiger partial charge in [-0.05, 0) is 48.4 Å². The molecule has 1 aliphatic rings. The summed E-state index contributed by atoms with van der Waals surface area (Å²) in [7, 11) is 0. The monoisotopic (exact) mass is 449 g/mol. The summed E-state index contributed by atoms with van der Waals surface area (Å²) in [5.41, 5.74) is 1.67. The Morgan fingerprint density at radius 2 is 1.88 bits per heavy atom. The van der Waals surface area contributed by atoms with Crippen LogP contribution < -0.4 is 4.74 Å². The SMILES string of the molecule is CCOc1cc(/C(O)=C2/C(=O)C(=O)N(Cc3cccnc3)C2c2cccnc2)ccc1Cl. The van der Waals surface area contributed by atoms with Gasteiger partial charge >= 0.3 is 0 Å². The molecule has 1 fully saturated rings. The average molecular weight is 450 g/mol. The zero-order valence-corrected chi connectivity index (χ0v) is 18.0. The third kappa shape index (κ3) is 4.07. The van der Waals surface area contributed by atoms with E-state index in [4.69, 9.17) is 16.3 Å². The summed E-state index contributed by atoms with van der Waals surface area (Å²) in [4.78, 5) is 35.7. The summed E-state index contributed by atoms with van der Waals surface area (Å²) in [6.45, 7) is 2.35. The fourth-order valence-corrected chi connectivity index (χ4v) is 3.86. The van der Waals surface area contributed by atoms with Crippen LogP contribution in [0.25, 0.3) is 5.76 Å². The zero-order valence-electron chi connectivity index (χ0n) is 17.2. The molecule has 0 aliphatic carbocycles. The van der Waals surface area contributed by atoms with Crippen molar-refractivity contribution in [1.82, 2.24) is 14.9 Å². The topological polar surface area (TPSA) is 92.6 Å². The fourth-order valence-electron chi connectivity index (χ4n) is 3.69. The van der Waals surface area contributed by atoms with Crippen LogP contribution in [0.1, 0.15) is 29.7 Å². The highest BCUT2D eigenvalue weighted by Crippen LogP contribution is 2.40. The molecule has 3 aromatic rings. The summed E-state index contributed by atoms with van der Waals surface area (Å²) in [6.07, 6.45) is 6.44. The molecule has 8 heteroatoms. The van der Waals surface area contributed by atoms with Crippen LogP contribution in [0.15, 0.2) is 72.8 Å². The first kappa shape index (κ1) is 21.5. The Morgan fingerprint density at radius 3 is 2.53 bits per heavy atom. The number of carbonyl (C=O) groups is 2. The standard InChI is InChI=1S/C24H20ClN3O4/c1-2-32-19-11-16(7-8-18(19)25)22(29)20-21(17-6-4-10-27-13-17)28(24(31)23(20)30)14-15-5-3-9-26-12-15/h3-13,21,29H,2,14H2,1H3/b22-20-. The van der Waals surface area contributed by atoms with Gasteiger partial charge in [-0.15, -0.1) is 0 Å². The van der Waals surface area contributed by atoms with Crippen molar-refractivity contribution in [2.45, 2.75) is 19.5 Å². The Balaban J connectivity index is 1.85. The van der Waals surface area contributed by atoms with Crippen LogP contribution in [-0.2, 0) is 16.1 Å². The number of aromatic nitrogens is 2. The molecule has 1 unspecified atom stereocenters. The van der Waals surface area contributed by atoms with Gasteiger partial charge < -0.3 is 14.7 Å². The largest absolute Gasteiger partial charge is 0.507 e. The van der Waals surface area contributed by atoms with Crippen LogP contribution in [0.5, 0.6) is 5.75 Å². The van der Waals surface area contributed by atoms with Crippen molar-refractivity contribution >= 4 is 29.1 Å². The van der Waals surface area contributed by atoms with Gasteiger partial charge in [-0.1, -0.05) is 23.7 Å². The van der Waals surface area contributed by atoms with Crippen molar-refractivity contribution in [3.63, 3.8) is 0 Å². The van der Waals surface area contributed by atoms with Gasteiger partial charge in [-0.2, -0.15) is 0 Å². The molecule has 0 saturated carbocycles. The van der Waals surface area contributed by atoms with Gasteiger partial charge in [-0.3, -0.25) is 19.6 Å². The smallest absolute Gasteiger partial charge is 0.295 e. The number of aliphatic hydroxyl groups excluding tert-OH is 1. The van der Waals surface area contributed by atoms with Gasteiger partial charge in [0.1, 0.15) is 11.5 Å². The minimum atomic E-state index is -0.810. The number of pyridine rings is 2. The molecule has 1 aromatic carbocycles. The van der Waals surface area contributed by atoms with Crippen molar-refractivity contribution in [1.29, 1.82) is 0 Å². The number of carbonyl (C=O) groups excluding carboxylic acids is 2. The highest BCUT2D eigenvalue weighted by molar-refractivity contribution is 6.46. The Labute approximate surface area is 190 Å². The lowest BCUT2D eigenvalue weighted by molar-refractivity contribution is -0.140. The van der Waals surface area contributed by atoms with Crippen molar-refractivity contribution in [3.8, 4) is 5.75 Å². The predicted molar refractivity (Wildman–Crippen MR) is 119 cm³/mol. The summed E-state index contributed by atoms with van der Waals surface area (Å²) < 4.78 is 5.50. The van der Waals surface area contributed by atoms with Crippen LogP contribution in [0.3, 0.4) is 0 Å². The maximum absolute atomic E-state index is 13.1. The Hall–Kier alpha value is -3.71. The molecule has 7 nitrogen and oxygen atoms in total. The first-order chi connectivity index (χ1) is 15.5. The molecular formula is C24H20ClN3O4. The number of aliphatic hydroxyl groups is 1. The summed E-state index contributed by atoms with van der Waals surface area (Å²) in [5.74, 6) is -1.40. The maximum Gasteiger partial charge on any atom is 0.295 e. The second kappa shape index (κ2) is 9.20. The summed E-state index contributed by atoms with van der Waals surface area (Å²) in [5, 5.41) is 11.5. The molecule has 1 saturated heterocycles. The molecule has 162 valence electrons. The maximum atomic E-state index is 13.1. The zero-order chi connectivity index (χ0) is 22.7. The van der Waals surface area contributed by atoms with Crippen molar-refractivity contribution in [2.24, 2.45) is 0 Å². The van der Waals surface area contributed by atoms with Crippen LogP contribution in [0.4, 0.5) is 0 Å². The lowest BCUT2D eigenvalue weighted by Gasteiger charge is -2.25. The number of hydrogen-bond acceptors (Lipinski definition) is 6. The average Bonchev–Trinajstić information content (AvgIpc) is 3.06. The van der Waals surface area contributed by atoms with Gasteiger partial charge in [0, 0.05) is 36.9 Å². The molecule has 3 heterocycles. The Bertz CT molecular complexity index is 1180. The van der Waals surface area contributed by atoms with Crippen molar-refractivity contribution < 1.29 is 19.4 Å². The highest BCUT2D eigenvalue weighted by atomic mass is 35.5. The van der Waals surface area contributed by atoms with E-state index in [-0.39, 0.29) is 17.9 Å². The summed E-state index contributed by atoms with van der Waals surface area (Å²) >= 11 is 6.16. The van der Waals surface area contributed by atoms with Gasteiger partial charge in [0.2, 0.25) is 0 Å². The molecule has 1 atom stereocenters. The van der Waals surface area contributed by atoms with Crippen LogP contribution in [0, 0.1) is 0 Å². The molecule has 0 spiro atoms. The first-order valence-electron chi connectivity index (χ1n) is 10.0. The predicted octanol–water partition coefficient (Wildman–Crippen LogP) is 4.15. The molecule has 1 amide bonds. The van der Waals surface area contributed by atoms with Crippen LogP contribution in [0.2, 0.25) is 5.02 Å². The van der Waals surface area contributed by atoms with E-state index in [0.717, 1.165) is 5.56 Å². The van der Waals surface area contributed by atoms with E-state index in [2.05, 4.69) is 9.97 Å². The number of benzene rings is 1. The van der Waals surface area contributed by atoms with E-state index in [1.807, 2.05) is 13.0 Å². The number of ketones is 1. The molecular weight excluding hydrogens is 430 g/mol. The number of amides is 1. The first-order valence-corrected chi connectivity index (χ1v) is 10.4. The van der Waals surface area contributed by atoms with Crippen LogP contribution in [-0.4, -0.2) is 38.3 Å². The number of halogens is 1. The molecule has 0 radical (unpaired) electrons. The number of Topliss-reactive ketones (excluding diaryl/α,β-unsaturated/α-hetero) is 1. The van der Waals surface area contributed by atoms with E-state index in [1.165, 1.54) is 4.90 Å². The number of ether oxygens (including phenoxy) is 1. The van der Waals surface area contributed by atoms with E-state index in [1.54, 1.807) is 61.2 Å². The minimum absolute atomic E-state index is 0.0170. The summed E-state index contributed by atoms with van der Waals surface area (Å²) in [6, 6.07) is 11.0. The number of likely N-dealkylation sites (tertiary alicyclic amines) is 1. The highest BCUT2D eigenvalue weighted by Gasteiger charge is 2.46. The lowest BCUT2D eigenvalue weighted by Crippen LogP contribution is -2.29. The van der Waals surface area contributed by atoms with Crippen LogP contribution >= 0.6 is 11.6 Å². The number of hydrogen-bond donors (Lipinski definition) is 1. The molecule has 32 heavy (non-hydrogen) atoms. The number of nitrogens with zero attached hydrogens (tertiary/aromatic N) is 3. The molecule has 0 bridgehead atoms. The lowest BCUT2D eigenvalue weighted by atomic mass is 9.96. The second-order valence-corrected chi connectivity index (χ2v) is 7.56. The molecule has 4 rings (SSSR count).